The predicted molar refractivity (Wildman–Crippen MR) is 142 cm³/mol. The summed E-state index contributed by atoms with van der Waals surface area (Å²) in [6, 6.07) is 28.7. The van der Waals surface area contributed by atoms with Crippen LogP contribution >= 0.6 is 11.8 Å². The van der Waals surface area contributed by atoms with Crippen molar-refractivity contribution < 1.29 is 24.2 Å². The number of hydrogen-bond acceptors (Lipinski definition) is 5. The third kappa shape index (κ3) is 6.98. The van der Waals surface area contributed by atoms with Crippen molar-refractivity contribution in [1.29, 1.82) is 0 Å². The largest absolute Gasteiger partial charge is 0.481 e. The van der Waals surface area contributed by atoms with E-state index >= 15 is 0 Å². The minimum Gasteiger partial charge on any atom is -0.481 e. The maximum atomic E-state index is 12.9. The molecule has 0 saturated carbocycles. The van der Waals surface area contributed by atoms with Crippen LogP contribution in [0, 0.1) is 0 Å². The van der Waals surface area contributed by atoms with Crippen molar-refractivity contribution in [2.24, 2.45) is 0 Å². The minimum absolute atomic E-state index is 0.129. The summed E-state index contributed by atoms with van der Waals surface area (Å²) in [5.74, 6) is -1.71. The summed E-state index contributed by atoms with van der Waals surface area (Å²) >= 11 is 1.47. The van der Waals surface area contributed by atoms with Gasteiger partial charge in [-0.15, -0.1) is 11.8 Å². The highest BCUT2D eigenvalue weighted by atomic mass is 32.2. The molecule has 0 aliphatic heterocycles. The van der Waals surface area contributed by atoms with Crippen LogP contribution < -0.4 is 5.32 Å². The Morgan fingerprint density at radius 3 is 1.58 bits per heavy atom. The molecule has 0 fully saturated rings. The number of hydrogen-bond donors (Lipinski definition) is 2. The summed E-state index contributed by atoms with van der Waals surface area (Å²) in [5.41, 5.74) is 2.22. The first-order valence-electron chi connectivity index (χ1n) is 11.7. The van der Waals surface area contributed by atoms with E-state index in [1.807, 2.05) is 91.0 Å². The first-order valence-corrected chi connectivity index (χ1v) is 12.6. The fourth-order valence-corrected chi connectivity index (χ4v) is 5.51. The van der Waals surface area contributed by atoms with Crippen LogP contribution in [0.4, 0.5) is 4.79 Å². The SMILES string of the molecule is CC(C)(C)OC(=O)NC(CSC(c1ccccc1)(c1ccccc1)c1ccccc1)C(=O)CC(=O)O. The van der Waals surface area contributed by atoms with Gasteiger partial charge in [0.25, 0.3) is 0 Å². The minimum atomic E-state index is -1.25. The molecule has 188 valence electrons. The number of carbonyl (C=O) groups excluding carboxylic acids is 2. The molecule has 1 unspecified atom stereocenters. The van der Waals surface area contributed by atoms with Crippen LogP contribution in [0.1, 0.15) is 43.9 Å². The number of alkyl carbamates (subject to hydrolysis) is 1. The first-order chi connectivity index (χ1) is 17.1. The van der Waals surface area contributed by atoms with Crippen molar-refractivity contribution in [1.82, 2.24) is 5.32 Å². The Morgan fingerprint density at radius 1 is 0.806 bits per heavy atom. The standard InChI is InChI=1S/C29H31NO5S/c1-28(2,3)35-27(34)30-24(25(31)19-26(32)33)20-36-29(21-13-7-4-8-14-21,22-15-9-5-10-16-22)23-17-11-6-12-18-23/h4-18,24H,19-20H2,1-3H3,(H,30,34)(H,32,33). The molecule has 0 aliphatic rings. The van der Waals surface area contributed by atoms with E-state index in [9.17, 15) is 19.5 Å². The zero-order valence-electron chi connectivity index (χ0n) is 20.6. The highest BCUT2D eigenvalue weighted by Crippen LogP contribution is 2.48. The van der Waals surface area contributed by atoms with Crippen LogP contribution in [-0.4, -0.2) is 40.3 Å². The quantitative estimate of drug-likeness (QED) is 0.273. The third-order valence-corrected chi connectivity index (χ3v) is 7.05. The second kappa shape index (κ2) is 11.9. The van der Waals surface area contributed by atoms with E-state index in [0.717, 1.165) is 16.7 Å². The molecule has 3 aromatic carbocycles. The number of carbonyl (C=O) groups is 3. The molecular formula is C29H31NO5S. The molecule has 0 aromatic heterocycles. The van der Waals surface area contributed by atoms with E-state index in [4.69, 9.17) is 4.74 Å². The monoisotopic (exact) mass is 505 g/mol. The molecule has 2 N–H and O–H groups in total. The number of Topliss-reactive ketones (excluding diaryl/α,β-unsaturated/α-hetero) is 1. The number of carboxylic acid groups (broad SMARTS) is 1. The number of carboxylic acids is 1. The van der Waals surface area contributed by atoms with Crippen LogP contribution in [0.3, 0.4) is 0 Å². The van der Waals surface area contributed by atoms with Crippen molar-refractivity contribution in [2.45, 2.75) is 43.6 Å². The predicted octanol–water partition coefficient (Wildman–Crippen LogP) is 5.65. The first kappa shape index (κ1) is 27.0. The summed E-state index contributed by atoms with van der Waals surface area (Å²) in [6.07, 6.45) is -1.47. The van der Waals surface area contributed by atoms with E-state index < -0.39 is 40.7 Å². The smallest absolute Gasteiger partial charge is 0.408 e. The van der Waals surface area contributed by atoms with Crippen molar-refractivity contribution in [3.05, 3.63) is 108 Å². The van der Waals surface area contributed by atoms with Gasteiger partial charge in [0.05, 0.1) is 4.75 Å². The molecule has 0 spiro atoms. The van der Waals surface area contributed by atoms with Gasteiger partial charge in [-0.25, -0.2) is 4.79 Å². The van der Waals surface area contributed by atoms with Crippen LogP contribution in [0.15, 0.2) is 91.0 Å². The number of ketones is 1. The summed E-state index contributed by atoms with van der Waals surface area (Å²) in [5, 5.41) is 11.9. The Morgan fingerprint density at radius 2 is 1.22 bits per heavy atom. The Bertz CT molecular complexity index is 1060. The molecule has 1 amide bonds. The number of thioether (sulfide) groups is 1. The normalized spacial score (nSPS) is 12.4. The number of rotatable bonds is 10. The van der Waals surface area contributed by atoms with Crippen LogP contribution in [0.25, 0.3) is 0 Å². The van der Waals surface area contributed by atoms with Crippen LogP contribution in [-0.2, 0) is 19.1 Å². The molecule has 7 heteroatoms. The van der Waals surface area contributed by atoms with Crippen LogP contribution in [0.5, 0.6) is 0 Å². The number of amides is 1. The number of benzene rings is 3. The third-order valence-electron chi connectivity index (χ3n) is 5.41. The molecule has 3 rings (SSSR count). The number of aliphatic carboxylic acids is 1. The molecule has 6 nitrogen and oxygen atoms in total. The van der Waals surface area contributed by atoms with Gasteiger partial charge in [0, 0.05) is 5.75 Å². The highest BCUT2D eigenvalue weighted by Gasteiger charge is 2.39. The second-order valence-electron chi connectivity index (χ2n) is 9.33. The fraction of sp³-hybridized carbons (Fsp3) is 0.276. The van der Waals surface area contributed by atoms with Gasteiger partial charge in [-0.2, -0.15) is 0 Å². The molecule has 0 aliphatic carbocycles. The van der Waals surface area contributed by atoms with Gasteiger partial charge >= 0.3 is 12.1 Å². The zero-order chi connectivity index (χ0) is 26.2. The summed E-state index contributed by atoms with van der Waals surface area (Å²) in [6.45, 7) is 5.17. The summed E-state index contributed by atoms with van der Waals surface area (Å²) in [4.78, 5) is 36.8. The topological polar surface area (TPSA) is 92.7 Å². The Labute approximate surface area is 216 Å². The lowest BCUT2D eigenvalue weighted by Crippen LogP contribution is -2.46. The second-order valence-corrected chi connectivity index (χ2v) is 10.6. The molecule has 0 radical (unpaired) electrons. The van der Waals surface area contributed by atoms with Crippen LogP contribution in [0.2, 0.25) is 0 Å². The summed E-state index contributed by atoms with van der Waals surface area (Å²) < 4.78 is 4.63. The van der Waals surface area contributed by atoms with E-state index in [0.29, 0.717) is 0 Å². The van der Waals surface area contributed by atoms with E-state index in [2.05, 4.69) is 5.32 Å². The average Bonchev–Trinajstić information content (AvgIpc) is 2.84. The van der Waals surface area contributed by atoms with E-state index in [-0.39, 0.29) is 5.75 Å². The average molecular weight is 506 g/mol. The molecular weight excluding hydrogens is 474 g/mol. The maximum Gasteiger partial charge on any atom is 0.408 e. The van der Waals surface area contributed by atoms with Gasteiger partial charge in [-0.1, -0.05) is 91.0 Å². The lowest BCUT2D eigenvalue weighted by atomic mass is 9.84. The Balaban J connectivity index is 2.06. The number of ether oxygens (including phenoxy) is 1. The molecule has 36 heavy (non-hydrogen) atoms. The Kier molecular flexibility index (Phi) is 8.93. The van der Waals surface area contributed by atoms with Gasteiger partial charge in [0.2, 0.25) is 0 Å². The van der Waals surface area contributed by atoms with Gasteiger partial charge in [0.15, 0.2) is 5.78 Å². The maximum absolute atomic E-state index is 12.9. The lowest BCUT2D eigenvalue weighted by Gasteiger charge is -2.36. The van der Waals surface area contributed by atoms with Crippen molar-refractivity contribution >= 4 is 29.6 Å². The molecule has 0 saturated heterocycles. The molecule has 3 aromatic rings. The van der Waals surface area contributed by atoms with Crippen molar-refractivity contribution in [3.8, 4) is 0 Å². The van der Waals surface area contributed by atoms with Gasteiger partial charge in [-0.05, 0) is 37.5 Å². The van der Waals surface area contributed by atoms with Gasteiger partial charge in [0.1, 0.15) is 18.1 Å². The lowest BCUT2D eigenvalue weighted by molar-refractivity contribution is -0.140. The van der Waals surface area contributed by atoms with Gasteiger partial charge in [-0.3, -0.25) is 9.59 Å². The molecule has 0 bridgehead atoms. The van der Waals surface area contributed by atoms with E-state index in [1.54, 1.807) is 20.8 Å². The Hall–Kier alpha value is -3.58. The molecule has 0 heterocycles. The van der Waals surface area contributed by atoms with Gasteiger partial charge < -0.3 is 15.2 Å². The van der Waals surface area contributed by atoms with Crippen molar-refractivity contribution in [2.75, 3.05) is 5.75 Å². The van der Waals surface area contributed by atoms with E-state index in [1.165, 1.54) is 11.8 Å². The zero-order valence-corrected chi connectivity index (χ0v) is 21.5. The number of nitrogens with one attached hydrogen (secondary N) is 1. The molecule has 1 atom stereocenters. The summed E-state index contributed by atoms with van der Waals surface area (Å²) in [7, 11) is 0. The highest BCUT2D eigenvalue weighted by molar-refractivity contribution is 8.00. The van der Waals surface area contributed by atoms with Crippen molar-refractivity contribution in [3.63, 3.8) is 0 Å². The fourth-order valence-electron chi connectivity index (χ4n) is 3.91.